The molecule has 0 amide bonds. The summed E-state index contributed by atoms with van der Waals surface area (Å²) in [4.78, 5) is 10.1. The average molecular weight is 302 g/mol. The summed E-state index contributed by atoms with van der Waals surface area (Å²) in [6, 6.07) is 1.55. The minimum atomic E-state index is -1.14. The van der Waals surface area contributed by atoms with Crippen molar-refractivity contribution in [1.82, 2.24) is 0 Å². The summed E-state index contributed by atoms with van der Waals surface area (Å²) in [7, 11) is 0. The largest absolute Gasteiger partial charge is 0.377 e. The summed E-state index contributed by atoms with van der Waals surface area (Å²) in [5.41, 5.74) is -0.752. The number of nitrogens with zero attached hydrogens (tertiary/aromatic N) is 1. The number of nitrogens with one attached hydrogen (secondary N) is 1. The van der Waals surface area contributed by atoms with Crippen LogP contribution in [0.4, 0.5) is 20.2 Å². The fourth-order valence-electron chi connectivity index (χ4n) is 2.54. The van der Waals surface area contributed by atoms with E-state index in [1.54, 1.807) is 0 Å². The normalized spacial score (nSPS) is 21.9. The van der Waals surface area contributed by atoms with E-state index >= 15 is 0 Å². The molecule has 2 unspecified atom stereocenters. The smallest absolute Gasteiger partial charge is 0.327 e. The van der Waals surface area contributed by atoms with Crippen LogP contribution in [-0.4, -0.2) is 22.0 Å². The van der Waals surface area contributed by atoms with Crippen molar-refractivity contribution in [1.29, 1.82) is 0 Å². The first-order valence-electron chi connectivity index (χ1n) is 6.52. The molecule has 110 valence electrons. The number of rotatable bonds is 5. The minimum Gasteiger partial charge on any atom is -0.377 e. The molecule has 0 heterocycles. The van der Waals surface area contributed by atoms with Crippen molar-refractivity contribution < 1.29 is 13.7 Å². The molecule has 0 radical (unpaired) electrons. The third kappa shape index (κ3) is 3.39. The molecule has 1 saturated carbocycles. The second-order valence-electron chi connectivity index (χ2n) is 4.77. The van der Waals surface area contributed by atoms with E-state index in [1.165, 1.54) is 0 Å². The van der Waals surface area contributed by atoms with Gasteiger partial charge in [-0.1, -0.05) is 6.92 Å². The van der Waals surface area contributed by atoms with Crippen LogP contribution in [-0.2, 0) is 0 Å². The van der Waals surface area contributed by atoms with Crippen LogP contribution in [0.5, 0.6) is 0 Å². The molecule has 2 atom stereocenters. The first-order valence-corrected chi connectivity index (χ1v) is 7.57. The van der Waals surface area contributed by atoms with Crippen molar-refractivity contribution in [3.63, 3.8) is 0 Å². The van der Waals surface area contributed by atoms with E-state index in [2.05, 4.69) is 12.2 Å². The highest BCUT2D eigenvalue weighted by Gasteiger charge is 2.28. The Morgan fingerprint density at radius 2 is 2.20 bits per heavy atom. The third-order valence-corrected chi connectivity index (χ3v) is 4.59. The molecule has 1 aromatic carbocycles. The summed E-state index contributed by atoms with van der Waals surface area (Å²) in [5, 5.41) is 14.3. The van der Waals surface area contributed by atoms with Crippen LogP contribution < -0.4 is 5.32 Å². The van der Waals surface area contributed by atoms with E-state index < -0.39 is 22.2 Å². The van der Waals surface area contributed by atoms with Crippen LogP contribution in [0, 0.1) is 21.7 Å². The van der Waals surface area contributed by atoms with Crippen molar-refractivity contribution in [3.8, 4) is 0 Å². The lowest BCUT2D eigenvalue weighted by atomic mass is 10.2. The van der Waals surface area contributed by atoms with Gasteiger partial charge in [-0.15, -0.1) is 0 Å². The number of hydrogen-bond acceptors (Lipinski definition) is 4. The Morgan fingerprint density at radius 3 is 2.85 bits per heavy atom. The zero-order valence-electron chi connectivity index (χ0n) is 11.1. The predicted molar refractivity (Wildman–Crippen MR) is 76.2 cm³/mol. The number of anilines is 1. The van der Waals surface area contributed by atoms with Gasteiger partial charge < -0.3 is 5.32 Å². The maximum absolute atomic E-state index is 13.5. The summed E-state index contributed by atoms with van der Waals surface area (Å²) in [6.45, 7) is 2.08. The van der Waals surface area contributed by atoms with E-state index in [-0.39, 0.29) is 11.7 Å². The molecule has 4 nitrogen and oxygen atoms in total. The van der Waals surface area contributed by atoms with Crippen LogP contribution in [0.1, 0.15) is 26.2 Å². The Kier molecular flexibility index (Phi) is 4.80. The van der Waals surface area contributed by atoms with Crippen LogP contribution in [0.2, 0.25) is 0 Å². The summed E-state index contributed by atoms with van der Waals surface area (Å²) in [5.74, 6) is -0.936. The van der Waals surface area contributed by atoms with Gasteiger partial charge in [0.2, 0.25) is 5.82 Å². The van der Waals surface area contributed by atoms with Gasteiger partial charge in [-0.3, -0.25) is 10.1 Å². The highest BCUT2D eigenvalue weighted by atomic mass is 32.2. The van der Waals surface area contributed by atoms with Crippen LogP contribution >= 0.6 is 11.8 Å². The van der Waals surface area contributed by atoms with Crippen LogP contribution in [0.15, 0.2) is 12.1 Å². The van der Waals surface area contributed by atoms with Crippen molar-refractivity contribution in [2.45, 2.75) is 37.5 Å². The third-order valence-electron chi connectivity index (χ3n) is 3.36. The Morgan fingerprint density at radius 1 is 1.45 bits per heavy atom. The quantitative estimate of drug-likeness (QED) is 0.661. The Bertz CT molecular complexity index is 513. The fraction of sp³-hybridized carbons (Fsp3) is 0.538. The molecule has 7 heteroatoms. The number of nitro groups is 1. The lowest BCUT2D eigenvalue weighted by Crippen LogP contribution is -2.17. The van der Waals surface area contributed by atoms with Gasteiger partial charge >= 0.3 is 5.69 Å². The molecule has 1 aliphatic rings. The predicted octanol–water partition coefficient (Wildman–Crippen LogP) is 3.96. The van der Waals surface area contributed by atoms with E-state index in [0.717, 1.165) is 31.1 Å². The molecule has 1 fully saturated rings. The van der Waals surface area contributed by atoms with Crippen molar-refractivity contribution >= 4 is 23.1 Å². The monoisotopic (exact) mass is 302 g/mol. The van der Waals surface area contributed by atoms with Crippen molar-refractivity contribution in [2.24, 2.45) is 0 Å². The van der Waals surface area contributed by atoms with Gasteiger partial charge in [-0.05, 0) is 25.0 Å². The van der Waals surface area contributed by atoms with Gasteiger partial charge in [0.15, 0.2) is 0 Å². The molecular weight excluding hydrogens is 286 g/mol. The second kappa shape index (κ2) is 6.39. The fourth-order valence-corrected chi connectivity index (χ4v) is 3.68. The van der Waals surface area contributed by atoms with E-state index in [0.29, 0.717) is 11.3 Å². The SMILES string of the molecule is CCSC1CCC(Nc2cc(F)cc(F)c2[N+](=O)[O-])C1. The first kappa shape index (κ1) is 15.0. The maximum atomic E-state index is 13.5. The molecule has 0 aromatic heterocycles. The molecular formula is C13H16F2N2O2S. The first-order chi connectivity index (χ1) is 9.51. The minimum absolute atomic E-state index is 0.0268. The lowest BCUT2D eigenvalue weighted by molar-refractivity contribution is -0.386. The Balaban J connectivity index is 2.15. The summed E-state index contributed by atoms with van der Waals surface area (Å²) >= 11 is 1.85. The molecule has 2 rings (SSSR count). The number of thioether (sulfide) groups is 1. The summed E-state index contributed by atoms with van der Waals surface area (Å²) < 4.78 is 26.7. The van der Waals surface area contributed by atoms with Crippen LogP contribution in [0.3, 0.4) is 0 Å². The highest BCUT2D eigenvalue weighted by molar-refractivity contribution is 7.99. The molecule has 0 aliphatic heterocycles. The highest BCUT2D eigenvalue weighted by Crippen LogP contribution is 2.35. The lowest BCUT2D eigenvalue weighted by Gasteiger charge is -2.15. The topological polar surface area (TPSA) is 55.2 Å². The number of benzene rings is 1. The van der Waals surface area contributed by atoms with Gasteiger partial charge in [-0.2, -0.15) is 16.2 Å². The maximum Gasteiger partial charge on any atom is 0.327 e. The number of hydrogen-bond donors (Lipinski definition) is 1. The van der Waals surface area contributed by atoms with Gasteiger partial charge in [0.25, 0.3) is 0 Å². The van der Waals surface area contributed by atoms with Gasteiger partial charge in [-0.25, -0.2) is 4.39 Å². The second-order valence-corrected chi connectivity index (χ2v) is 6.35. The summed E-state index contributed by atoms with van der Waals surface area (Å²) in [6.07, 6.45) is 2.72. The molecule has 1 N–H and O–H groups in total. The molecule has 0 bridgehead atoms. The van der Waals surface area contributed by atoms with Gasteiger partial charge in [0.05, 0.1) is 4.92 Å². The molecule has 0 spiro atoms. The zero-order valence-corrected chi connectivity index (χ0v) is 11.9. The standard InChI is InChI=1S/C13H16F2N2O2S/c1-2-20-10-4-3-9(7-10)16-12-6-8(14)5-11(15)13(12)17(18)19/h5-6,9-10,16H,2-4,7H2,1H3. The molecule has 1 aliphatic carbocycles. The van der Waals surface area contributed by atoms with E-state index in [4.69, 9.17) is 0 Å². The van der Waals surface area contributed by atoms with E-state index in [1.807, 2.05) is 11.8 Å². The molecule has 0 saturated heterocycles. The number of halogens is 2. The molecule has 1 aromatic rings. The molecule has 20 heavy (non-hydrogen) atoms. The van der Waals surface area contributed by atoms with Gasteiger partial charge in [0, 0.05) is 23.4 Å². The van der Waals surface area contributed by atoms with Crippen molar-refractivity contribution in [3.05, 3.63) is 33.9 Å². The number of nitro benzene ring substituents is 1. The average Bonchev–Trinajstić information content (AvgIpc) is 2.75. The Labute approximate surface area is 120 Å². The zero-order chi connectivity index (χ0) is 14.7. The van der Waals surface area contributed by atoms with Crippen LogP contribution in [0.25, 0.3) is 0 Å². The van der Waals surface area contributed by atoms with E-state index in [9.17, 15) is 18.9 Å². The van der Waals surface area contributed by atoms with Gasteiger partial charge in [0.1, 0.15) is 11.5 Å². The van der Waals surface area contributed by atoms with Crippen molar-refractivity contribution in [2.75, 3.05) is 11.1 Å². The Hall–Kier alpha value is -1.37.